The van der Waals surface area contributed by atoms with Gasteiger partial charge in [-0.2, -0.15) is 5.10 Å². The Bertz CT molecular complexity index is 944. The van der Waals surface area contributed by atoms with Crippen LogP contribution in [0.15, 0.2) is 53.6 Å². The normalized spacial score (nSPS) is 10.8. The molecule has 34 heavy (non-hydrogen) atoms. The van der Waals surface area contributed by atoms with E-state index in [1.807, 2.05) is 0 Å². The molecule has 0 spiro atoms. The summed E-state index contributed by atoms with van der Waals surface area (Å²) in [5.41, 5.74) is 3.47. The molecule has 2 aromatic rings. The fourth-order valence-electron chi connectivity index (χ4n) is 3.10. The smallest absolute Gasteiger partial charge is 0.343 e. The zero-order valence-corrected chi connectivity index (χ0v) is 20.3. The number of esters is 1. The third-order valence-electron chi connectivity index (χ3n) is 5.03. The Morgan fingerprint density at radius 1 is 0.882 bits per heavy atom. The van der Waals surface area contributed by atoms with Crippen molar-refractivity contribution < 1.29 is 19.1 Å². The van der Waals surface area contributed by atoms with Gasteiger partial charge in [0.05, 0.1) is 18.3 Å². The number of hydrazone groups is 1. The van der Waals surface area contributed by atoms with E-state index >= 15 is 0 Å². The van der Waals surface area contributed by atoms with Gasteiger partial charge in [-0.25, -0.2) is 10.2 Å². The first-order valence-electron chi connectivity index (χ1n) is 11.6. The molecule has 0 aliphatic heterocycles. The van der Waals surface area contributed by atoms with Crippen LogP contribution in [-0.4, -0.2) is 30.5 Å². The van der Waals surface area contributed by atoms with Gasteiger partial charge in [0.25, 0.3) is 5.91 Å². The largest absolute Gasteiger partial charge is 0.423 e. The van der Waals surface area contributed by atoms with Gasteiger partial charge in [0.15, 0.2) is 0 Å². The molecule has 0 saturated carbocycles. The summed E-state index contributed by atoms with van der Waals surface area (Å²) in [6.07, 6.45) is 9.87. The fraction of sp³-hybridized carbons (Fsp3) is 0.385. The van der Waals surface area contributed by atoms with Crippen molar-refractivity contribution in [1.29, 1.82) is 0 Å². The summed E-state index contributed by atoms with van der Waals surface area (Å²) in [7, 11) is 0. The molecule has 0 unspecified atom stereocenters. The lowest BCUT2D eigenvalue weighted by Gasteiger charge is -2.05. The Kier molecular flexibility index (Phi) is 12.4. The van der Waals surface area contributed by atoms with E-state index < -0.39 is 11.9 Å². The van der Waals surface area contributed by atoms with Crippen molar-refractivity contribution in [1.82, 2.24) is 10.7 Å². The maximum atomic E-state index is 12.1. The second kappa shape index (κ2) is 15.6. The van der Waals surface area contributed by atoms with Crippen LogP contribution in [0, 0.1) is 0 Å². The summed E-state index contributed by atoms with van der Waals surface area (Å²) in [5.74, 6) is -0.640. The molecule has 8 heteroatoms. The topological polar surface area (TPSA) is 96.9 Å². The van der Waals surface area contributed by atoms with Crippen molar-refractivity contribution in [3.05, 3.63) is 64.7 Å². The zero-order chi connectivity index (χ0) is 24.6. The average Bonchev–Trinajstić information content (AvgIpc) is 2.83. The van der Waals surface area contributed by atoms with E-state index in [1.165, 1.54) is 31.9 Å². The Balaban J connectivity index is 1.63. The molecule has 0 heterocycles. The van der Waals surface area contributed by atoms with Crippen LogP contribution >= 0.6 is 11.6 Å². The SMILES string of the molecule is CCCCCCCCCC(=O)NCC(=O)N/N=C/c1ccc(OC(=O)c2ccc(Cl)cc2)cc1. The number of amides is 2. The van der Waals surface area contributed by atoms with Crippen LogP contribution in [0.1, 0.15) is 74.2 Å². The summed E-state index contributed by atoms with van der Waals surface area (Å²) >= 11 is 5.82. The van der Waals surface area contributed by atoms with Crippen LogP contribution in [0.2, 0.25) is 5.02 Å². The number of rotatable bonds is 14. The van der Waals surface area contributed by atoms with Crippen LogP contribution in [0.5, 0.6) is 5.75 Å². The van der Waals surface area contributed by atoms with Gasteiger partial charge in [0, 0.05) is 11.4 Å². The predicted molar refractivity (Wildman–Crippen MR) is 134 cm³/mol. The van der Waals surface area contributed by atoms with Gasteiger partial charge >= 0.3 is 5.97 Å². The molecule has 0 bridgehead atoms. The van der Waals surface area contributed by atoms with Gasteiger partial charge in [0.2, 0.25) is 5.91 Å². The molecular weight excluding hydrogens is 454 g/mol. The second-order valence-corrected chi connectivity index (χ2v) is 8.34. The highest BCUT2D eigenvalue weighted by molar-refractivity contribution is 6.30. The molecule has 0 aliphatic rings. The average molecular weight is 486 g/mol. The molecule has 2 N–H and O–H groups in total. The van der Waals surface area contributed by atoms with Gasteiger partial charge in [0.1, 0.15) is 5.75 Å². The number of hydrogen-bond donors (Lipinski definition) is 2. The Hall–Kier alpha value is -3.19. The van der Waals surface area contributed by atoms with Crippen LogP contribution < -0.4 is 15.5 Å². The monoisotopic (exact) mass is 485 g/mol. The van der Waals surface area contributed by atoms with Gasteiger partial charge in [-0.1, -0.05) is 57.0 Å². The molecule has 2 rings (SSSR count). The highest BCUT2D eigenvalue weighted by atomic mass is 35.5. The number of halogens is 1. The lowest BCUT2D eigenvalue weighted by Crippen LogP contribution is -2.34. The predicted octanol–water partition coefficient (Wildman–Crippen LogP) is 5.27. The minimum atomic E-state index is -0.487. The number of hydrogen-bond acceptors (Lipinski definition) is 5. The highest BCUT2D eigenvalue weighted by Gasteiger charge is 2.08. The molecule has 0 aliphatic carbocycles. The molecule has 2 aromatic carbocycles. The lowest BCUT2D eigenvalue weighted by molar-refractivity contribution is -0.126. The van der Waals surface area contributed by atoms with E-state index in [9.17, 15) is 14.4 Å². The first-order chi connectivity index (χ1) is 16.5. The molecule has 0 saturated heterocycles. The van der Waals surface area contributed by atoms with Gasteiger partial charge in [-0.05, 0) is 60.5 Å². The van der Waals surface area contributed by atoms with Gasteiger partial charge in [-0.15, -0.1) is 0 Å². The van der Waals surface area contributed by atoms with Crippen LogP contribution in [0.25, 0.3) is 0 Å². The van der Waals surface area contributed by atoms with Crippen molar-refractivity contribution in [2.75, 3.05) is 6.54 Å². The van der Waals surface area contributed by atoms with Crippen molar-refractivity contribution in [2.24, 2.45) is 5.10 Å². The molecule has 0 aromatic heterocycles. The quantitative estimate of drug-likeness (QED) is 0.125. The lowest BCUT2D eigenvalue weighted by atomic mass is 10.1. The zero-order valence-electron chi connectivity index (χ0n) is 19.5. The Morgan fingerprint density at radius 3 is 2.21 bits per heavy atom. The molecule has 0 fully saturated rings. The standard InChI is InChI=1S/C26H32ClN3O4/c1-2-3-4-5-6-7-8-9-24(31)28-19-25(32)30-29-18-20-10-16-23(17-11-20)34-26(33)21-12-14-22(27)15-13-21/h10-18H,2-9,19H2,1H3,(H,28,31)(H,30,32)/b29-18+. The van der Waals surface area contributed by atoms with Crippen LogP contribution in [0.3, 0.4) is 0 Å². The summed E-state index contributed by atoms with van der Waals surface area (Å²) in [6, 6.07) is 13.1. The first-order valence-corrected chi connectivity index (χ1v) is 12.0. The highest BCUT2D eigenvalue weighted by Crippen LogP contribution is 2.15. The maximum Gasteiger partial charge on any atom is 0.343 e. The van der Waals surface area contributed by atoms with Gasteiger partial charge in [-0.3, -0.25) is 9.59 Å². The molecule has 0 radical (unpaired) electrons. The van der Waals surface area contributed by atoms with E-state index in [2.05, 4.69) is 22.8 Å². The number of carbonyl (C=O) groups is 3. The van der Waals surface area contributed by atoms with Crippen molar-refractivity contribution in [3.63, 3.8) is 0 Å². The number of nitrogens with zero attached hydrogens (tertiary/aromatic N) is 1. The van der Waals surface area contributed by atoms with E-state index in [0.717, 1.165) is 19.3 Å². The summed E-state index contributed by atoms with van der Waals surface area (Å²) in [5, 5.41) is 7.02. The molecule has 2 amide bonds. The summed E-state index contributed by atoms with van der Waals surface area (Å²) in [4.78, 5) is 35.8. The number of carbonyl (C=O) groups excluding carboxylic acids is 3. The third kappa shape index (κ3) is 11.1. The summed E-state index contributed by atoms with van der Waals surface area (Å²) < 4.78 is 5.31. The van der Waals surface area contributed by atoms with Gasteiger partial charge < -0.3 is 10.1 Å². The Labute approximate surface area is 205 Å². The van der Waals surface area contributed by atoms with E-state index in [1.54, 1.807) is 48.5 Å². The number of ether oxygens (including phenoxy) is 1. The third-order valence-corrected chi connectivity index (χ3v) is 5.28. The van der Waals surface area contributed by atoms with Crippen LogP contribution in [-0.2, 0) is 9.59 Å². The van der Waals surface area contributed by atoms with Crippen LogP contribution in [0.4, 0.5) is 0 Å². The fourth-order valence-corrected chi connectivity index (χ4v) is 3.23. The molecule has 0 atom stereocenters. The van der Waals surface area contributed by atoms with E-state index in [4.69, 9.17) is 16.3 Å². The van der Waals surface area contributed by atoms with E-state index in [0.29, 0.717) is 28.3 Å². The Morgan fingerprint density at radius 2 is 1.53 bits per heavy atom. The molecule has 182 valence electrons. The van der Waals surface area contributed by atoms with E-state index in [-0.39, 0.29) is 12.5 Å². The summed E-state index contributed by atoms with van der Waals surface area (Å²) in [6.45, 7) is 2.07. The minimum Gasteiger partial charge on any atom is -0.423 e. The first kappa shape index (κ1) is 27.1. The number of benzene rings is 2. The second-order valence-electron chi connectivity index (χ2n) is 7.91. The number of unbranched alkanes of at least 4 members (excludes halogenated alkanes) is 6. The maximum absolute atomic E-state index is 12.1. The van der Waals surface area contributed by atoms with Crippen molar-refractivity contribution in [2.45, 2.75) is 58.3 Å². The number of nitrogens with one attached hydrogen (secondary N) is 2. The van der Waals surface area contributed by atoms with Crippen molar-refractivity contribution >= 4 is 35.6 Å². The molecular formula is C26H32ClN3O4. The minimum absolute atomic E-state index is 0.119. The molecule has 7 nitrogen and oxygen atoms in total. The van der Waals surface area contributed by atoms with Crippen molar-refractivity contribution in [3.8, 4) is 5.75 Å².